The van der Waals surface area contributed by atoms with E-state index < -0.39 is 11.6 Å². The molecule has 2 aromatic carbocycles. The van der Waals surface area contributed by atoms with E-state index in [9.17, 15) is 13.6 Å². The van der Waals surface area contributed by atoms with Crippen LogP contribution in [0, 0.1) is 11.6 Å². The number of benzene rings is 2. The number of nitrogens with one attached hydrogen (secondary N) is 1. The Kier molecular flexibility index (Phi) is 5.22. The number of nitrogens with zero attached hydrogens (tertiary/aromatic N) is 1. The largest absolute Gasteiger partial charge is 0.301 e. The zero-order chi connectivity index (χ0) is 16.9. The summed E-state index contributed by atoms with van der Waals surface area (Å²) < 4.78 is 26.0. The van der Waals surface area contributed by atoms with Gasteiger partial charge in [-0.3, -0.25) is 4.79 Å². The molecule has 3 nitrogen and oxygen atoms in total. The van der Waals surface area contributed by atoms with E-state index in [4.69, 9.17) is 0 Å². The van der Waals surface area contributed by atoms with Gasteiger partial charge < -0.3 is 5.32 Å². The highest BCUT2D eigenvalue weighted by Crippen LogP contribution is 2.25. The van der Waals surface area contributed by atoms with E-state index in [0.29, 0.717) is 10.0 Å². The number of thiazole rings is 1. The Labute approximate surface area is 145 Å². The first-order valence-electron chi connectivity index (χ1n) is 7.00. The summed E-state index contributed by atoms with van der Waals surface area (Å²) >= 11 is 2.47. The average Bonchev–Trinajstić information content (AvgIpc) is 3.05. The molecule has 0 unspecified atom stereocenters. The number of hydrogen-bond acceptors (Lipinski definition) is 4. The highest BCUT2D eigenvalue weighted by atomic mass is 32.2. The first-order valence-corrected chi connectivity index (χ1v) is 8.87. The number of rotatable bonds is 5. The molecule has 1 aromatic heterocycles. The summed E-state index contributed by atoms with van der Waals surface area (Å²) in [5.41, 5.74) is 1.77. The number of carbonyl (C=O) groups excluding carboxylic acids is 1. The van der Waals surface area contributed by atoms with Crippen molar-refractivity contribution in [3.63, 3.8) is 0 Å². The first-order chi connectivity index (χ1) is 11.6. The molecule has 24 heavy (non-hydrogen) atoms. The molecule has 1 heterocycles. The second kappa shape index (κ2) is 7.55. The third kappa shape index (κ3) is 4.18. The molecule has 0 aliphatic rings. The van der Waals surface area contributed by atoms with Crippen LogP contribution < -0.4 is 5.32 Å². The molecule has 1 amide bonds. The molecule has 0 saturated carbocycles. The molecule has 122 valence electrons. The molecule has 0 atom stereocenters. The van der Waals surface area contributed by atoms with E-state index >= 15 is 0 Å². The number of carbonyl (C=O) groups is 1. The standard InChI is InChI=1S/C17H12F2N2OS2/c18-13-7-6-12(8-14(13)19)23-10-16(22)21-17-20-15(9-24-17)11-4-2-1-3-5-11/h1-9H,10H2,(H,20,21,22). The van der Waals surface area contributed by atoms with Gasteiger partial charge in [-0.2, -0.15) is 0 Å². The maximum absolute atomic E-state index is 13.1. The summed E-state index contributed by atoms with van der Waals surface area (Å²) in [5, 5.41) is 5.08. The van der Waals surface area contributed by atoms with Gasteiger partial charge >= 0.3 is 0 Å². The van der Waals surface area contributed by atoms with Gasteiger partial charge in [0.25, 0.3) is 0 Å². The fraction of sp³-hybridized carbons (Fsp3) is 0.0588. The number of amides is 1. The van der Waals surface area contributed by atoms with E-state index in [2.05, 4.69) is 10.3 Å². The summed E-state index contributed by atoms with van der Waals surface area (Å²) in [6.45, 7) is 0. The van der Waals surface area contributed by atoms with Crippen LogP contribution in [0.2, 0.25) is 0 Å². The van der Waals surface area contributed by atoms with Crippen molar-refractivity contribution in [3.05, 3.63) is 65.5 Å². The van der Waals surface area contributed by atoms with Crippen LogP contribution in [-0.4, -0.2) is 16.6 Å². The highest BCUT2D eigenvalue weighted by molar-refractivity contribution is 8.00. The van der Waals surface area contributed by atoms with Crippen LogP contribution in [0.4, 0.5) is 13.9 Å². The summed E-state index contributed by atoms with van der Waals surface area (Å²) in [6.07, 6.45) is 0. The smallest absolute Gasteiger partial charge is 0.236 e. The average molecular weight is 362 g/mol. The number of thioether (sulfide) groups is 1. The minimum absolute atomic E-state index is 0.0886. The Morgan fingerprint density at radius 1 is 1.12 bits per heavy atom. The van der Waals surface area contributed by atoms with Crippen LogP contribution in [0.5, 0.6) is 0 Å². The van der Waals surface area contributed by atoms with E-state index in [-0.39, 0.29) is 11.7 Å². The monoisotopic (exact) mass is 362 g/mol. The SMILES string of the molecule is O=C(CSc1ccc(F)c(F)c1)Nc1nc(-c2ccccc2)cs1. The zero-order valence-electron chi connectivity index (χ0n) is 12.3. The fourth-order valence-corrected chi connectivity index (χ4v) is 3.40. The highest BCUT2D eigenvalue weighted by Gasteiger charge is 2.09. The number of hydrogen-bond donors (Lipinski definition) is 1. The van der Waals surface area contributed by atoms with Crippen LogP contribution in [0.3, 0.4) is 0 Å². The molecule has 3 rings (SSSR count). The lowest BCUT2D eigenvalue weighted by Gasteiger charge is -2.03. The zero-order valence-corrected chi connectivity index (χ0v) is 14.0. The Morgan fingerprint density at radius 3 is 2.67 bits per heavy atom. The van der Waals surface area contributed by atoms with E-state index in [0.717, 1.165) is 35.2 Å². The molecule has 0 spiro atoms. The van der Waals surface area contributed by atoms with Gasteiger partial charge in [-0.1, -0.05) is 30.3 Å². The van der Waals surface area contributed by atoms with Crippen molar-refractivity contribution in [2.45, 2.75) is 4.90 Å². The Bertz CT molecular complexity index is 853. The van der Waals surface area contributed by atoms with Crippen LogP contribution in [0.1, 0.15) is 0 Å². The normalized spacial score (nSPS) is 10.6. The van der Waals surface area contributed by atoms with E-state index in [1.807, 2.05) is 35.7 Å². The summed E-state index contributed by atoms with van der Waals surface area (Å²) in [6, 6.07) is 13.2. The van der Waals surface area contributed by atoms with Gasteiger partial charge in [0.05, 0.1) is 11.4 Å². The fourth-order valence-electron chi connectivity index (χ4n) is 1.94. The number of anilines is 1. The molecule has 0 saturated heterocycles. The Morgan fingerprint density at radius 2 is 1.92 bits per heavy atom. The summed E-state index contributed by atoms with van der Waals surface area (Å²) in [7, 11) is 0. The van der Waals surface area contributed by atoms with Crippen molar-refractivity contribution in [2.24, 2.45) is 0 Å². The van der Waals surface area contributed by atoms with Gasteiger partial charge in [0, 0.05) is 15.8 Å². The van der Waals surface area contributed by atoms with Gasteiger partial charge in [-0.15, -0.1) is 23.1 Å². The van der Waals surface area contributed by atoms with Gasteiger partial charge in [0.15, 0.2) is 16.8 Å². The van der Waals surface area contributed by atoms with Crippen LogP contribution >= 0.6 is 23.1 Å². The summed E-state index contributed by atoms with van der Waals surface area (Å²) in [5.74, 6) is -1.99. The van der Waals surface area contributed by atoms with Crippen molar-refractivity contribution < 1.29 is 13.6 Å². The Balaban J connectivity index is 1.57. The molecule has 3 aromatic rings. The lowest BCUT2D eigenvalue weighted by Crippen LogP contribution is -2.13. The third-order valence-electron chi connectivity index (χ3n) is 3.08. The minimum atomic E-state index is -0.923. The van der Waals surface area contributed by atoms with Gasteiger partial charge in [-0.25, -0.2) is 13.8 Å². The van der Waals surface area contributed by atoms with Crippen molar-refractivity contribution in [2.75, 3.05) is 11.1 Å². The topological polar surface area (TPSA) is 42.0 Å². The molecule has 7 heteroatoms. The molecule has 0 aliphatic carbocycles. The second-order valence-corrected chi connectivity index (χ2v) is 6.72. The van der Waals surface area contributed by atoms with Gasteiger partial charge in [0.2, 0.25) is 5.91 Å². The maximum atomic E-state index is 13.1. The Hall–Kier alpha value is -2.25. The van der Waals surface area contributed by atoms with Crippen molar-refractivity contribution >= 4 is 34.1 Å². The van der Waals surface area contributed by atoms with Crippen molar-refractivity contribution in [1.82, 2.24) is 4.98 Å². The predicted molar refractivity (Wildman–Crippen MR) is 93.3 cm³/mol. The molecule has 1 N–H and O–H groups in total. The third-order valence-corrected chi connectivity index (χ3v) is 4.83. The van der Waals surface area contributed by atoms with Crippen LogP contribution in [0.15, 0.2) is 58.8 Å². The first kappa shape index (κ1) is 16.6. The molecule has 0 bridgehead atoms. The van der Waals surface area contributed by atoms with Gasteiger partial charge in [-0.05, 0) is 18.2 Å². The van der Waals surface area contributed by atoms with E-state index in [1.165, 1.54) is 17.4 Å². The lowest BCUT2D eigenvalue weighted by atomic mass is 10.2. The summed E-state index contributed by atoms with van der Waals surface area (Å²) in [4.78, 5) is 16.8. The maximum Gasteiger partial charge on any atom is 0.236 e. The minimum Gasteiger partial charge on any atom is -0.301 e. The molecule has 0 fully saturated rings. The second-order valence-electron chi connectivity index (χ2n) is 4.82. The molecule has 0 radical (unpaired) electrons. The number of halogens is 2. The predicted octanol–water partition coefficient (Wildman–Crippen LogP) is 4.82. The number of aromatic nitrogens is 1. The molecular weight excluding hydrogens is 350 g/mol. The van der Waals surface area contributed by atoms with Crippen molar-refractivity contribution in [3.8, 4) is 11.3 Å². The lowest BCUT2D eigenvalue weighted by molar-refractivity contribution is -0.113. The molecule has 0 aliphatic heterocycles. The van der Waals surface area contributed by atoms with Crippen LogP contribution in [-0.2, 0) is 4.79 Å². The molecular formula is C17H12F2N2OS2. The van der Waals surface area contributed by atoms with E-state index in [1.54, 1.807) is 0 Å². The quantitative estimate of drug-likeness (QED) is 0.662. The van der Waals surface area contributed by atoms with Gasteiger partial charge in [0.1, 0.15) is 0 Å². The van der Waals surface area contributed by atoms with Crippen LogP contribution in [0.25, 0.3) is 11.3 Å². The van der Waals surface area contributed by atoms with Crippen molar-refractivity contribution in [1.29, 1.82) is 0 Å².